The monoisotopic (exact) mass is 467 g/mol. The van der Waals surface area contributed by atoms with Gasteiger partial charge in [0.2, 0.25) is 10.0 Å². The molecule has 1 saturated carbocycles. The van der Waals surface area contributed by atoms with E-state index in [-0.39, 0.29) is 23.5 Å². The Balaban J connectivity index is 1.65. The minimum Gasteiger partial charge on any atom is -0.396 e. The number of nitrogens with one attached hydrogen (secondary N) is 1. The number of aromatic nitrogens is 3. The fraction of sp³-hybridized carbons (Fsp3) is 0.375. The van der Waals surface area contributed by atoms with E-state index in [1.165, 1.54) is 0 Å². The van der Waals surface area contributed by atoms with Crippen LogP contribution in [0.5, 0.6) is 0 Å². The zero-order valence-electron chi connectivity index (χ0n) is 18.8. The number of aliphatic hydroxyl groups excluding tert-OH is 1. The number of sulfonamides is 1. The SMILES string of the molecule is Cc1cc(-c2nc(-c3cc(S(=O)(=O)NC4CCC(CO)CC4)ccc3C)cnc2N)ccn1. The van der Waals surface area contributed by atoms with Gasteiger partial charge in [-0.3, -0.25) is 4.98 Å². The van der Waals surface area contributed by atoms with E-state index in [1.807, 2.05) is 26.0 Å². The van der Waals surface area contributed by atoms with Gasteiger partial charge in [0, 0.05) is 35.7 Å². The summed E-state index contributed by atoms with van der Waals surface area (Å²) >= 11 is 0. The van der Waals surface area contributed by atoms with Crippen molar-refractivity contribution in [2.24, 2.45) is 5.92 Å². The van der Waals surface area contributed by atoms with Crippen molar-refractivity contribution in [1.29, 1.82) is 0 Å². The van der Waals surface area contributed by atoms with Crippen LogP contribution in [0.3, 0.4) is 0 Å². The van der Waals surface area contributed by atoms with E-state index < -0.39 is 10.0 Å². The molecule has 1 fully saturated rings. The predicted molar refractivity (Wildman–Crippen MR) is 128 cm³/mol. The first-order chi connectivity index (χ1) is 15.8. The maximum absolute atomic E-state index is 13.1. The van der Waals surface area contributed by atoms with Crippen molar-refractivity contribution in [3.05, 3.63) is 54.0 Å². The van der Waals surface area contributed by atoms with Gasteiger partial charge in [0.05, 0.1) is 16.8 Å². The standard InChI is InChI=1S/C24H29N5O3S/c1-15-3-8-20(33(31,32)29-19-6-4-17(14-30)5-7-19)12-21(15)22-13-27-24(25)23(28-22)18-9-10-26-16(2)11-18/h3,8-13,17,19,29-30H,4-7,14H2,1-2H3,(H2,25,27). The highest BCUT2D eigenvalue weighted by atomic mass is 32.2. The Morgan fingerprint density at radius 2 is 1.85 bits per heavy atom. The summed E-state index contributed by atoms with van der Waals surface area (Å²) in [6.45, 7) is 3.95. The fourth-order valence-corrected chi connectivity index (χ4v) is 5.56. The summed E-state index contributed by atoms with van der Waals surface area (Å²) in [6, 6.07) is 8.60. The van der Waals surface area contributed by atoms with E-state index >= 15 is 0 Å². The van der Waals surface area contributed by atoms with E-state index in [4.69, 9.17) is 10.7 Å². The third-order valence-electron chi connectivity index (χ3n) is 6.19. The maximum Gasteiger partial charge on any atom is 0.240 e. The molecule has 0 amide bonds. The van der Waals surface area contributed by atoms with Crippen molar-refractivity contribution in [1.82, 2.24) is 19.7 Å². The number of nitrogens with two attached hydrogens (primary N) is 1. The molecule has 0 radical (unpaired) electrons. The van der Waals surface area contributed by atoms with Crippen molar-refractivity contribution in [3.8, 4) is 22.5 Å². The van der Waals surface area contributed by atoms with E-state index in [9.17, 15) is 13.5 Å². The van der Waals surface area contributed by atoms with Crippen LogP contribution in [0.15, 0.2) is 47.6 Å². The van der Waals surface area contributed by atoms with Gasteiger partial charge in [0.1, 0.15) is 11.5 Å². The normalized spacial score (nSPS) is 18.9. The zero-order valence-corrected chi connectivity index (χ0v) is 19.6. The van der Waals surface area contributed by atoms with Gasteiger partial charge in [-0.05, 0) is 75.3 Å². The van der Waals surface area contributed by atoms with Gasteiger partial charge in [0.15, 0.2) is 0 Å². The number of hydrogen-bond donors (Lipinski definition) is 3. The van der Waals surface area contributed by atoms with Crippen LogP contribution in [0.1, 0.15) is 36.9 Å². The Labute approximate surface area is 194 Å². The van der Waals surface area contributed by atoms with E-state index in [0.717, 1.165) is 42.5 Å². The smallest absolute Gasteiger partial charge is 0.240 e. The minimum absolute atomic E-state index is 0.125. The number of aryl methyl sites for hydroxylation is 2. The summed E-state index contributed by atoms with van der Waals surface area (Å²) < 4.78 is 29.0. The summed E-state index contributed by atoms with van der Waals surface area (Å²) in [7, 11) is -3.70. The molecule has 174 valence electrons. The van der Waals surface area contributed by atoms with Crippen LogP contribution in [0.2, 0.25) is 0 Å². The lowest BCUT2D eigenvalue weighted by atomic mass is 9.87. The molecule has 0 aliphatic heterocycles. The first-order valence-corrected chi connectivity index (χ1v) is 12.5. The fourth-order valence-electron chi connectivity index (χ4n) is 4.23. The summed E-state index contributed by atoms with van der Waals surface area (Å²) in [4.78, 5) is 13.4. The zero-order chi connectivity index (χ0) is 23.6. The molecule has 0 unspecified atom stereocenters. The topological polar surface area (TPSA) is 131 Å². The number of rotatable bonds is 6. The number of nitrogens with zero attached hydrogens (tertiary/aromatic N) is 3. The lowest BCUT2D eigenvalue weighted by molar-refractivity contribution is 0.180. The number of pyridine rings is 1. The summed E-state index contributed by atoms with van der Waals surface area (Å²) in [5, 5.41) is 9.31. The molecule has 33 heavy (non-hydrogen) atoms. The Bertz CT molecular complexity index is 1250. The molecule has 8 nitrogen and oxygen atoms in total. The van der Waals surface area contributed by atoms with Crippen LogP contribution in [0.4, 0.5) is 5.82 Å². The largest absolute Gasteiger partial charge is 0.396 e. The quantitative estimate of drug-likeness (QED) is 0.507. The highest BCUT2D eigenvalue weighted by Gasteiger charge is 2.26. The third-order valence-corrected chi connectivity index (χ3v) is 7.71. The van der Waals surface area contributed by atoms with E-state index in [1.54, 1.807) is 30.6 Å². The number of benzene rings is 1. The van der Waals surface area contributed by atoms with Gasteiger partial charge in [-0.2, -0.15) is 0 Å². The van der Waals surface area contributed by atoms with Crippen molar-refractivity contribution in [2.45, 2.75) is 50.5 Å². The molecule has 0 bridgehead atoms. The molecule has 4 N–H and O–H groups in total. The van der Waals surface area contributed by atoms with E-state index in [0.29, 0.717) is 22.8 Å². The molecule has 1 aromatic carbocycles. The van der Waals surface area contributed by atoms with Crippen LogP contribution < -0.4 is 10.5 Å². The van der Waals surface area contributed by atoms with Crippen molar-refractivity contribution in [3.63, 3.8) is 0 Å². The maximum atomic E-state index is 13.1. The molecule has 2 aromatic heterocycles. The average Bonchev–Trinajstić information content (AvgIpc) is 2.80. The molecule has 1 aliphatic rings. The molecule has 4 rings (SSSR count). The van der Waals surface area contributed by atoms with Gasteiger partial charge in [0.25, 0.3) is 0 Å². The van der Waals surface area contributed by atoms with E-state index in [2.05, 4.69) is 14.7 Å². The highest BCUT2D eigenvalue weighted by Crippen LogP contribution is 2.30. The second kappa shape index (κ2) is 9.54. The Morgan fingerprint density at radius 1 is 1.09 bits per heavy atom. The van der Waals surface area contributed by atoms with Gasteiger partial charge < -0.3 is 10.8 Å². The Hall–Kier alpha value is -2.88. The summed E-state index contributed by atoms with van der Waals surface area (Å²) in [5.41, 5.74) is 10.4. The molecular formula is C24H29N5O3S. The number of anilines is 1. The summed E-state index contributed by atoms with van der Waals surface area (Å²) in [6.07, 6.45) is 6.34. The average molecular weight is 468 g/mol. The minimum atomic E-state index is -3.70. The molecular weight excluding hydrogens is 438 g/mol. The van der Waals surface area contributed by atoms with Gasteiger partial charge in [-0.15, -0.1) is 0 Å². The molecule has 9 heteroatoms. The predicted octanol–water partition coefficient (Wildman–Crippen LogP) is 3.23. The third kappa shape index (κ3) is 5.21. The van der Waals surface area contributed by atoms with Crippen LogP contribution in [-0.4, -0.2) is 41.1 Å². The Morgan fingerprint density at radius 3 is 2.55 bits per heavy atom. The number of hydrogen-bond acceptors (Lipinski definition) is 7. The molecule has 0 spiro atoms. The van der Waals surface area contributed by atoms with Gasteiger partial charge in [-0.1, -0.05) is 6.07 Å². The molecule has 2 heterocycles. The second-order valence-electron chi connectivity index (χ2n) is 8.67. The number of nitrogen functional groups attached to an aromatic ring is 1. The van der Waals surface area contributed by atoms with Crippen LogP contribution >= 0.6 is 0 Å². The molecule has 0 atom stereocenters. The summed E-state index contributed by atoms with van der Waals surface area (Å²) in [5.74, 6) is 0.560. The first kappa shape index (κ1) is 23.3. The highest BCUT2D eigenvalue weighted by molar-refractivity contribution is 7.89. The first-order valence-electron chi connectivity index (χ1n) is 11.1. The second-order valence-corrected chi connectivity index (χ2v) is 10.4. The van der Waals surface area contributed by atoms with Crippen LogP contribution in [-0.2, 0) is 10.0 Å². The van der Waals surface area contributed by atoms with Crippen molar-refractivity contribution < 1.29 is 13.5 Å². The van der Waals surface area contributed by atoms with Crippen LogP contribution in [0, 0.1) is 19.8 Å². The Kier molecular flexibility index (Phi) is 6.73. The lowest BCUT2D eigenvalue weighted by Gasteiger charge is -2.27. The van der Waals surface area contributed by atoms with Crippen LogP contribution in [0.25, 0.3) is 22.5 Å². The van der Waals surface area contributed by atoms with Gasteiger partial charge >= 0.3 is 0 Å². The van der Waals surface area contributed by atoms with Crippen molar-refractivity contribution in [2.75, 3.05) is 12.3 Å². The number of aliphatic hydroxyl groups is 1. The molecule has 3 aromatic rings. The lowest BCUT2D eigenvalue weighted by Crippen LogP contribution is -2.38. The molecule has 0 saturated heterocycles. The molecule has 1 aliphatic carbocycles. The van der Waals surface area contributed by atoms with Crippen molar-refractivity contribution >= 4 is 15.8 Å². The van der Waals surface area contributed by atoms with Gasteiger partial charge in [-0.25, -0.2) is 23.1 Å².